The highest BCUT2D eigenvalue weighted by molar-refractivity contribution is 6.74. The molecule has 0 radical (unpaired) electrons. The zero-order valence-electron chi connectivity index (χ0n) is 13.0. The van der Waals surface area contributed by atoms with Crippen molar-refractivity contribution in [1.82, 2.24) is 0 Å². The SMILES string of the molecule is CCC(CC)[C@H](CO[Si](C)(C)C(C)(C)C)N=[N+]=[N-]. The van der Waals surface area contributed by atoms with Gasteiger partial charge in [0, 0.05) is 11.5 Å². The van der Waals surface area contributed by atoms with Gasteiger partial charge in [-0.1, -0.05) is 52.6 Å². The Labute approximate surface area is 113 Å². The lowest BCUT2D eigenvalue weighted by Gasteiger charge is -2.37. The van der Waals surface area contributed by atoms with Gasteiger partial charge in [-0.05, 0) is 29.6 Å². The summed E-state index contributed by atoms with van der Waals surface area (Å²) in [6.07, 6.45) is 2.06. The lowest BCUT2D eigenvalue weighted by molar-refractivity contribution is 0.221. The van der Waals surface area contributed by atoms with Gasteiger partial charge >= 0.3 is 0 Å². The molecule has 0 N–H and O–H groups in total. The molecule has 1 atom stereocenters. The third-order valence-electron chi connectivity index (χ3n) is 4.21. The largest absolute Gasteiger partial charge is 0.416 e. The maximum atomic E-state index is 8.68. The maximum absolute atomic E-state index is 8.68. The molecule has 0 aromatic rings. The predicted octanol–water partition coefficient (Wildman–Crippen LogP) is 5.12. The van der Waals surface area contributed by atoms with Gasteiger partial charge in [0.2, 0.25) is 0 Å². The van der Waals surface area contributed by atoms with Gasteiger partial charge in [-0.25, -0.2) is 0 Å². The molecule has 0 saturated carbocycles. The van der Waals surface area contributed by atoms with Crippen molar-refractivity contribution < 1.29 is 4.43 Å². The topological polar surface area (TPSA) is 58.0 Å². The fourth-order valence-electron chi connectivity index (χ4n) is 1.67. The van der Waals surface area contributed by atoms with E-state index in [9.17, 15) is 0 Å². The Morgan fingerprint density at radius 3 is 2.06 bits per heavy atom. The van der Waals surface area contributed by atoms with E-state index >= 15 is 0 Å². The van der Waals surface area contributed by atoms with E-state index in [1.165, 1.54) is 0 Å². The van der Waals surface area contributed by atoms with Crippen molar-refractivity contribution in [3.05, 3.63) is 10.4 Å². The van der Waals surface area contributed by atoms with Gasteiger partial charge in [-0.3, -0.25) is 0 Å². The summed E-state index contributed by atoms with van der Waals surface area (Å²) in [4.78, 5) is 2.98. The van der Waals surface area contributed by atoms with E-state index in [4.69, 9.17) is 9.96 Å². The number of nitrogens with zero attached hydrogens (tertiary/aromatic N) is 3. The highest BCUT2D eigenvalue weighted by atomic mass is 28.4. The molecular formula is C13H29N3OSi. The second kappa shape index (κ2) is 7.17. The minimum Gasteiger partial charge on any atom is -0.416 e. The van der Waals surface area contributed by atoms with E-state index < -0.39 is 8.32 Å². The van der Waals surface area contributed by atoms with Crippen molar-refractivity contribution in [3.8, 4) is 0 Å². The van der Waals surface area contributed by atoms with Crippen LogP contribution in [0.1, 0.15) is 47.5 Å². The van der Waals surface area contributed by atoms with E-state index in [1.807, 2.05) is 0 Å². The average molecular weight is 271 g/mol. The molecule has 0 fully saturated rings. The molecule has 0 unspecified atom stereocenters. The van der Waals surface area contributed by atoms with Crippen LogP contribution < -0.4 is 0 Å². The van der Waals surface area contributed by atoms with Crippen LogP contribution in [-0.2, 0) is 4.43 Å². The van der Waals surface area contributed by atoms with Crippen molar-refractivity contribution in [3.63, 3.8) is 0 Å². The summed E-state index contributed by atoms with van der Waals surface area (Å²) in [5, 5.41) is 4.13. The van der Waals surface area contributed by atoms with Crippen LogP contribution in [0.25, 0.3) is 10.4 Å². The van der Waals surface area contributed by atoms with Crippen LogP contribution in [0.4, 0.5) is 0 Å². The summed E-state index contributed by atoms with van der Waals surface area (Å²) in [5.41, 5.74) is 8.68. The van der Waals surface area contributed by atoms with E-state index in [-0.39, 0.29) is 11.1 Å². The molecule has 0 aromatic carbocycles. The van der Waals surface area contributed by atoms with E-state index in [1.54, 1.807) is 0 Å². The molecule has 18 heavy (non-hydrogen) atoms. The molecule has 0 spiro atoms. The summed E-state index contributed by atoms with van der Waals surface area (Å²) in [6.45, 7) is 16.0. The number of rotatable bonds is 7. The Morgan fingerprint density at radius 2 is 1.72 bits per heavy atom. The van der Waals surface area contributed by atoms with Crippen molar-refractivity contribution in [2.75, 3.05) is 6.61 Å². The van der Waals surface area contributed by atoms with Crippen molar-refractivity contribution in [1.29, 1.82) is 0 Å². The molecule has 0 aliphatic heterocycles. The fourth-order valence-corrected chi connectivity index (χ4v) is 2.69. The highest BCUT2D eigenvalue weighted by Gasteiger charge is 2.37. The standard InChI is InChI=1S/C13H29N3OSi/c1-8-11(9-2)12(15-16-14)10-17-18(6,7)13(3,4)5/h11-12H,8-10H2,1-7H3/t12-/m0/s1. The predicted molar refractivity (Wildman–Crippen MR) is 80.2 cm³/mol. The Morgan fingerprint density at radius 1 is 1.22 bits per heavy atom. The number of azide groups is 1. The van der Waals surface area contributed by atoms with Crippen LogP contribution >= 0.6 is 0 Å². The minimum atomic E-state index is -1.75. The highest BCUT2D eigenvalue weighted by Crippen LogP contribution is 2.37. The zero-order chi connectivity index (χ0) is 14.4. The summed E-state index contributed by atoms with van der Waals surface area (Å²) in [7, 11) is -1.75. The van der Waals surface area contributed by atoms with Gasteiger partial charge in [0.15, 0.2) is 8.32 Å². The van der Waals surface area contributed by atoms with Crippen LogP contribution in [0.5, 0.6) is 0 Å². The smallest absolute Gasteiger partial charge is 0.191 e. The molecule has 0 aliphatic carbocycles. The minimum absolute atomic E-state index is 0.0286. The second-order valence-electron chi connectivity index (χ2n) is 6.42. The Balaban J connectivity index is 4.68. The average Bonchev–Trinajstić information content (AvgIpc) is 2.26. The number of hydrogen-bond donors (Lipinski definition) is 0. The van der Waals surface area contributed by atoms with Crippen LogP contribution in [0, 0.1) is 5.92 Å². The summed E-state index contributed by atoms with van der Waals surface area (Å²) >= 11 is 0. The number of hydrogen-bond acceptors (Lipinski definition) is 2. The molecule has 0 bridgehead atoms. The Bertz CT molecular complexity index is 289. The van der Waals surface area contributed by atoms with Gasteiger partial charge < -0.3 is 4.43 Å². The molecule has 0 amide bonds. The second-order valence-corrected chi connectivity index (χ2v) is 11.2. The Hall–Kier alpha value is -0.513. The first kappa shape index (κ1) is 17.5. The summed E-state index contributed by atoms with van der Waals surface area (Å²) in [6, 6.07) is -0.0286. The molecule has 0 rings (SSSR count). The van der Waals surface area contributed by atoms with Gasteiger partial charge in [-0.2, -0.15) is 0 Å². The van der Waals surface area contributed by atoms with Crippen LogP contribution in [-0.4, -0.2) is 21.0 Å². The van der Waals surface area contributed by atoms with Gasteiger partial charge in [0.1, 0.15) is 0 Å². The molecule has 0 heterocycles. The first-order valence-corrected chi connectivity index (χ1v) is 9.78. The van der Waals surface area contributed by atoms with Gasteiger partial charge in [0.25, 0.3) is 0 Å². The Kier molecular flexibility index (Phi) is 6.96. The summed E-state index contributed by atoms with van der Waals surface area (Å²) < 4.78 is 6.17. The normalized spacial score (nSPS) is 14.4. The van der Waals surface area contributed by atoms with Crippen LogP contribution in [0.3, 0.4) is 0 Å². The van der Waals surface area contributed by atoms with E-state index in [2.05, 4.69) is 57.7 Å². The zero-order valence-corrected chi connectivity index (χ0v) is 14.0. The quantitative estimate of drug-likeness (QED) is 0.274. The monoisotopic (exact) mass is 271 g/mol. The lowest BCUT2D eigenvalue weighted by atomic mass is 9.95. The lowest BCUT2D eigenvalue weighted by Crippen LogP contribution is -2.43. The van der Waals surface area contributed by atoms with Crippen molar-refractivity contribution >= 4 is 8.32 Å². The van der Waals surface area contributed by atoms with Crippen LogP contribution in [0.2, 0.25) is 18.1 Å². The molecule has 0 saturated heterocycles. The van der Waals surface area contributed by atoms with E-state index in [0.29, 0.717) is 12.5 Å². The molecular weight excluding hydrogens is 242 g/mol. The van der Waals surface area contributed by atoms with Gasteiger partial charge in [-0.15, -0.1) is 0 Å². The third-order valence-corrected chi connectivity index (χ3v) is 8.71. The van der Waals surface area contributed by atoms with Gasteiger partial charge in [0.05, 0.1) is 6.04 Å². The van der Waals surface area contributed by atoms with E-state index in [0.717, 1.165) is 12.8 Å². The fraction of sp³-hybridized carbons (Fsp3) is 1.00. The maximum Gasteiger partial charge on any atom is 0.191 e. The first-order chi connectivity index (χ1) is 8.19. The summed E-state index contributed by atoms with van der Waals surface area (Å²) in [5.74, 6) is 0.422. The molecule has 4 nitrogen and oxygen atoms in total. The van der Waals surface area contributed by atoms with Crippen molar-refractivity contribution in [2.24, 2.45) is 11.0 Å². The molecule has 0 aromatic heterocycles. The third kappa shape index (κ3) is 5.00. The molecule has 0 aliphatic rings. The first-order valence-electron chi connectivity index (χ1n) is 6.87. The van der Waals surface area contributed by atoms with Crippen LogP contribution in [0.15, 0.2) is 5.11 Å². The van der Waals surface area contributed by atoms with Crippen molar-refractivity contribution in [2.45, 2.75) is 71.6 Å². The molecule has 5 heteroatoms. The molecule has 106 valence electrons.